The van der Waals surface area contributed by atoms with Gasteiger partial charge >= 0.3 is 0 Å². The number of carbonyl (C=O) groups is 1. The summed E-state index contributed by atoms with van der Waals surface area (Å²) in [6, 6.07) is 0. The van der Waals surface area contributed by atoms with Crippen molar-refractivity contribution in [2.24, 2.45) is 11.3 Å². The first-order valence-electron chi connectivity index (χ1n) is 9.28. The lowest BCUT2D eigenvalue weighted by Gasteiger charge is -2.47. The van der Waals surface area contributed by atoms with Crippen molar-refractivity contribution in [1.29, 1.82) is 0 Å². The van der Waals surface area contributed by atoms with Gasteiger partial charge in [-0.25, -0.2) is 0 Å². The van der Waals surface area contributed by atoms with Crippen LogP contribution in [-0.2, 0) is 14.3 Å². The Balaban J connectivity index is 1.44. The average molecular weight is 324 g/mol. The Morgan fingerprint density at radius 3 is 2.78 bits per heavy atom. The van der Waals surface area contributed by atoms with E-state index in [1.165, 1.54) is 45.3 Å². The SMILES string of the molecule is COCCN1CC2(CCC1=O)CCN(CC[C@H]1CCOC1)CC2. The van der Waals surface area contributed by atoms with Crippen molar-refractivity contribution in [3.05, 3.63) is 0 Å². The van der Waals surface area contributed by atoms with Crippen LogP contribution < -0.4 is 0 Å². The van der Waals surface area contributed by atoms with Crippen molar-refractivity contribution in [2.45, 2.75) is 38.5 Å². The van der Waals surface area contributed by atoms with Crippen LogP contribution in [0, 0.1) is 11.3 Å². The first kappa shape index (κ1) is 17.2. The molecule has 0 aromatic carbocycles. The second kappa shape index (κ2) is 7.95. The number of methoxy groups -OCH3 is 1. The molecule has 3 saturated heterocycles. The molecule has 3 aliphatic heterocycles. The molecule has 0 saturated carbocycles. The van der Waals surface area contributed by atoms with Crippen LogP contribution in [0.2, 0.25) is 0 Å². The lowest BCUT2D eigenvalue weighted by Crippen LogP contribution is -2.52. The van der Waals surface area contributed by atoms with Crippen LogP contribution in [0.5, 0.6) is 0 Å². The molecule has 0 unspecified atom stereocenters. The summed E-state index contributed by atoms with van der Waals surface area (Å²) in [4.78, 5) is 16.8. The maximum atomic E-state index is 12.1. The molecule has 23 heavy (non-hydrogen) atoms. The molecule has 0 aromatic rings. The summed E-state index contributed by atoms with van der Waals surface area (Å²) in [5, 5.41) is 0. The summed E-state index contributed by atoms with van der Waals surface area (Å²) >= 11 is 0. The number of rotatable bonds is 6. The Morgan fingerprint density at radius 2 is 2.09 bits per heavy atom. The third-order valence-corrected chi connectivity index (χ3v) is 6.11. The topological polar surface area (TPSA) is 42.0 Å². The molecule has 1 atom stereocenters. The number of ether oxygens (including phenoxy) is 2. The van der Waals surface area contributed by atoms with Gasteiger partial charge in [0.25, 0.3) is 0 Å². The van der Waals surface area contributed by atoms with Gasteiger partial charge in [0, 0.05) is 39.8 Å². The number of amides is 1. The predicted molar refractivity (Wildman–Crippen MR) is 89.3 cm³/mol. The van der Waals surface area contributed by atoms with Gasteiger partial charge in [-0.05, 0) is 63.1 Å². The molecule has 3 aliphatic rings. The molecule has 5 heteroatoms. The van der Waals surface area contributed by atoms with E-state index in [9.17, 15) is 4.79 Å². The zero-order valence-electron chi connectivity index (χ0n) is 14.6. The minimum atomic E-state index is 0.316. The second-order valence-electron chi connectivity index (χ2n) is 7.67. The number of hydrogen-bond acceptors (Lipinski definition) is 4. The molecular weight excluding hydrogens is 292 g/mol. The highest BCUT2D eigenvalue weighted by atomic mass is 16.5. The normalized spacial score (nSPS) is 28.7. The number of likely N-dealkylation sites (tertiary alicyclic amines) is 2. The molecule has 5 nitrogen and oxygen atoms in total. The zero-order valence-corrected chi connectivity index (χ0v) is 14.6. The molecule has 0 aromatic heterocycles. The van der Waals surface area contributed by atoms with Gasteiger partial charge in [-0.1, -0.05) is 0 Å². The van der Waals surface area contributed by atoms with E-state index in [1.54, 1.807) is 7.11 Å². The van der Waals surface area contributed by atoms with E-state index in [1.807, 2.05) is 4.90 Å². The van der Waals surface area contributed by atoms with E-state index in [0.717, 1.165) is 45.1 Å². The zero-order chi connectivity index (χ0) is 16.1. The number of piperidine rings is 2. The van der Waals surface area contributed by atoms with Gasteiger partial charge in [0.15, 0.2) is 0 Å². The first-order valence-corrected chi connectivity index (χ1v) is 9.28. The summed E-state index contributed by atoms with van der Waals surface area (Å²) in [5.74, 6) is 1.10. The Bertz CT molecular complexity index is 388. The van der Waals surface area contributed by atoms with Gasteiger partial charge in [0.2, 0.25) is 5.91 Å². The fourth-order valence-electron chi connectivity index (χ4n) is 4.34. The van der Waals surface area contributed by atoms with Crippen molar-refractivity contribution >= 4 is 5.91 Å². The molecule has 0 N–H and O–H groups in total. The van der Waals surface area contributed by atoms with Crippen LogP contribution in [0.4, 0.5) is 0 Å². The van der Waals surface area contributed by atoms with E-state index in [2.05, 4.69) is 4.90 Å². The smallest absolute Gasteiger partial charge is 0.222 e. The van der Waals surface area contributed by atoms with Crippen molar-refractivity contribution < 1.29 is 14.3 Å². The average Bonchev–Trinajstić information content (AvgIpc) is 3.09. The van der Waals surface area contributed by atoms with Crippen LogP contribution in [0.15, 0.2) is 0 Å². The molecule has 0 bridgehead atoms. The third kappa shape index (κ3) is 4.46. The van der Waals surface area contributed by atoms with E-state index >= 15 is 0 Å². The first-order chi connectivity index (χ1) is 11.2. The predicted octanol–water partition coefficient (Wildman–Crippen LogP) is 1.76. The van der Waals surface area contributed by atoms with Gasteiger partial charge in [0.05, 0.1) is 6.61 Å². The van der Waals surface area contributed by atoms with Gasteiger partial charge in [0.1, 0.15) is 0 Å². The van der Waals surface area contributed by atoms with Gasteiger partial charge in [-0.2, -0.15) is 0 Å². The molecule has 3 heterocycles. The molecule has 132 valence electrons. The molecule has 1 amide bonds. The Hall–Kier alpha value is -0.650. The summed E-state index contributed by atoms with van der Waals surface area (Å²) in [6.45, 7) is 7.88. The molecule has 3 rings (SSSR count). The number of hydrogen-bond donors (Lipinski definition) is 0. The highest BCUT2D eigenvalue weighted by Gasteiger charge is 2.40. The Kier molecular flexibility index (Phi) is 5.94. The molecule has 3 fully saturated rings. The summed E-state index contributed by atoms with van der Waals surface area (Å²) in [7, 11) is 1.71. The minimum Gasteiger partial charge on any atom is -0.383 e. The van der Waals surface area contributed by atoms with Crippen molar-refractivity contribution in [3.8, 4) is 0 Å². The molecule has 1 spiro atoms. The van der Waals surface area contributed by atoms with E-state index in [0.29, 0.717) is 17.9 Å². The Labute approximate surface area is 140 Å². The van der Waals surface area contributed by atoms with E-state index < -0.39 is 0 Å². The van der Waals surface area contributed by atoms with E-state index in [4.69, 9.17) is 9.47 Å². The standard InChI is InChI=1S/C18H32N2O3/c1-22-13-11-20-15-18(5-2-17(20)21)6-9-19(10-7-18)8-3-16-4-12-23-14-16/h16H,2-15H2,1H3/t16-/m0/s1. The molecule has 0 radical (unpaired) electrons. The minimum absolute atomic E-state index is 0.316. The van der Waals surface area contributed by atoms with Crippen LogP contribution in [0.1, 0.15) is 38.5 Å². The van der Waals surface area contributed by atoms with Crippen molar-refractivity contribution in [2.75, 3.05) is 59.7 Å². The summed E-state index contributed by atoms with van der Waals surface area (Å²) in [6.07, 6.45) is 6.82. The van der Waals surface area contributed by atoms with Gasteiger partial charge in [-0.15, -0.1) is 0 Å². The van der Waals surface area contributed by atoms with Crippen LogP contribution in [0.25, 0.3) is 0 Å². The fraction of sp³-hybridized carbons (Fsp3) is 0.944. The highest BCUT2D eigenvalue weighted by molar-refractivity contribution is 5.77. The second-order valence-corrected chi connectivity index (χ2v) is 7.67. The maximum absolute atomic E-state index is 12.1. The third-order valence-electron chi connectivity index (χ3n) is 6.11. The van der Waals surface area contributed by atoms with Gasteiger partial charge in [-0.3, -0.25) is 4.79 Å². The molecular formula is C18H32N2O3. The van der Waals surface area contributed by atoms with Crippen LogP contribution in [-0.4, -0.2) is 75.4 Å². The van der Waals surface area contributed by atoms with Crippen molar-refractivity contribution in [3.63, 3.8) is 0 Å². The Morgan fingerprint density at radius 1 is 1.26 bits per heavy atom. The molecule has 0 aliphatic carbocycles. The summed E-state index contributed by atoms with van der Waals surface area (Å²) < 4.78 is 10.6. The van der Waals surface area contributed by atoms with Gasteiger partial charge < -0.3 is 19.3 Å². The van der Waals surface area contributed by atoms with Crippen LogP contribution >= 0.6 is 0 Å². The maximum Gasteiger partial charge on any atom is 0.222 e. The quantitative estimate of drug-likeness (QED) is 0.747. The number of nitrogens with zero attached hydrogens (tertiary/aromatic N) is 2. The fourth-order valence-corrected chi connectivity index (χ4v) is 4.34. The summed E-state index contributed by atoms with van der Waals surface area (Å²) in [5.41, 5.74) is 0.370. The van der Waals surface area contributed by atoms with Crippen LogP contribution in [0.3, 0.4) is 0 Å². The van der Waals surface area contributed by atoms with Crippen molar-refractivity contribution in [1.82, 2.24) is 9.80 Å². The monoisotopic (exact) mass is 324 g/mol. The van der Waals surface area contributed by atoms with E-state index in [-0.39, 0.29) is 0 Å². The lowest BCUT2D eigenvalue weighted by atomic mass is 9.72. The number of carbonyl (C=O) groups excluding carboxylic acids is 1. The highest BCUT2D eigenvalue weighted by Crippen LogP contribution is 2.40. The largest absolute Gasteiger partial charge is 0.383 e. The lowest BCUT2D eigenvalue weighted by molar-refractivity contribution is -0.139.